The van der Waals surface area contributed by atoms with E-state index in [-0.39, 0.29) is 15.8 Å². The molecule has 2 rings (SSSR count). The molecule has 0 aliphatic carbocycles. The van der Waals surface area contributed by atoms with Crippen LogP contribution in [0, 0.1) is 17.5 Å². The van der Waals surface area contributed by atoms with E-state index in [1.807, 2.05) is 4.72 Å². The first-order valence-corrected chi connectivity index (χ1v) is 7.70. The fraction of sp³-hybridized carbons (Fsp3) is 0. The molecule has 0 spiro atoms. The Hall–Kier alpha value is -1.74. The molecule has 0 heterocycles. The quantitative estimate of drug-likeness (QED) is 0.802. The van der Waals surface area contributed by atoms with Crippen LogP contribution < -0.4 is 10.5 Å². The van der Waals surface area contributed by atoms with Crippen LogP contribution in [0.25, 0.3) is 0 Å². The van der Waals surface area contributed by atoms with Gasteiger partial charge in [-0.3, -0.25) is 4.72 Å². The largest absolute Gasteiger partial charge is 0.398 e. The highest BCUT2D eigenvalue weighted by atomic mass is 79.9. The van der Waals surface area contributed by atoms with Crippen molar-refractivity contribution < 1.29 is 21.6 Å². The Morgan fingerprint density at radius 2 is 1.57 bits per heavy atom. The predicted molar refractivity (Wildman–Crippen MR) is 75.7 cm³/mol. The summed E-state index contributed by atoms with van der Waals surface area (Å²) in [5, 5.41) is 0. The molecule has 0 saturated carbocycles. The highest BCUT2D eigenvalue weighted by Crippen LogP contribution is 2.27. The molecule has 112 valence electrons. The summed E-state index contributed by atoms with van der Waals surface area (Å²) in [6, 6.07) is 3.89. The fourth-order valence-corrected chi connectivity index (χ4v) is 3.02. The Labute approximate surface area is 127 Å². The SMILES string of the molecule is Nc1cc(S(=O)(=O)Nc2cc(F)cc(F)c2)c(F)cc1Br. The van der Waals surface area contributed by atoms with Crippen molar-refractivity contribution in [1.29, 1.82) is 0 Å². The summed E-state index contributed by atoms with van der Waals surface area (Å²) in [4.78, 5) is -0.729. The van der Waals surface area contributed by atoms with Gasteiger partial charge in [-0.2, -0.15) is 0 Å². The van der Waals surface area contributed by atoms with Crippen LogP contribution in [0.1, 0.15) is 0 Å². The summed E-state index contributed by atoms with van der Waals surface area (Å²) in [6.07, 6.45) is 0. The first-order chi connectivity index (χ1) is 9.69. The van der Waals surface area contributed by atoms with E-state index in [0.717, 1.165) is 24.3 Å². The number of nitrogens with two attached hydrogens (primary N) is 1. The van der Waals surface area contributed by atoms with Crippen molar-refractivity contribution in [3.05, 3.63) is 52.3 Å². The van der Waals surface area contributed by atoms with E-state index in [2.05, 4.69) is 15.9 Å². The van der Waals surface area contributed by atoms with Crippen LogP contribution in [-0.2, 0) is 10.0 Å². The van der Waals surface area contributed by atoms with Gasteiger partial charge < -0.3 is 5.73 Å². The van der Waals surface area contributed by atoms with Crippen LogP contribution in [0.3, 0.4) is 0 Å². The molecule has 0 saturated heterocycles. The maximum Gasteiger partial charge on any atom is 0.264 e. The van der Waals surface area contributed by atoms with Crippen LogP contribution in [0.2, 0.25) is 0 Å². The zero-order valence-electron chi connectivity index (χ0n) is 10.2. The summed E-state index contributed by atoms with van der Waals surface area (Å²) < 4.78 is 65.9. The highest BCUT2D eigenvalue weighted by Gasteiger charge is 2.21. The van der Waals surface area contributed by atoms with Crippen LogP contribution in [-0.4, -0.2) is 8.42 Å². The molecule has 2 aromatic rings. The predicted octanol–water partition coefficient (Wildman–Crippen LogP) is 3.25. The third kappa shape index (κ3) is 3.48. The average molecular weight is 381 g/mol. The number of nitrogen functional groups attached to an aromatic ring is 1. The van der Waals surface area contributed by atoms with Gasteiger partial charge in [0.2, 0.25) is 0 Å². The number of hydrogen-bond donors (Lipinski definition) is 2. The summed E-state index contributed by atoms with van der Waals surface area (Å²) in [7, 11) is -4.38. The van der Waals surface area contributed by atoms with E-state index < -0.39 is 32.4 Å². The Morgan fingerprint density at radius 3 is 2.14 bits per heavy atom. The summed E-state index contributed by atoms with van der Waals surface area (Å²) in [5.74, 6) is -2.99. The summed E-state index contributed by atoms with van der Waals surface area (Å²) in [6.45, 7) is 0. The van der Waals surface area contributed by atoms with Gasteiger partial charge >= 0.3 is 0 Å². The molecule has 0 fully saturated rings. The van der Waals surface area contributed by atoms with E-state index in [0.29, 0.717) is 6.07 Å². The van der Waals surface area contributed by atoms with Crippen LogP contribution in [0.15, 0.2) is 39.7 Å². The molecular formula is C12H8BrF3N2O2S. The third-order valence-electron chi connectivity index (χ3n) is 2.46. The van der Waals surface area contributed by atoms with E-state index in [1.54, 1.807) is 0 Å². The van der Waals surface area contributed by atoms with Gasteiger partial charge in [0.05, 0.1) is 5.69 Å². The maximum absolute atomic E-state index is 13.7. The summed E-state index contributed by atoms with van der Waals surface area (Å²) in [5.41, 5.74) is 5.14. The Morgan fingerprint density at radius 1 is 1.00 bits per heavy atom. The normalized spacial score (nSPS) is 11.4. The summed E-state index contributed by atoms with van der Waals surface area (Å²) >= 11 is 2.95. The Kier molecular flexibility index (Phi) is 4.15. The van der Waals surface area contributed by atoms with Gasteiger partial charge in [-0.15, -0.1) is 0 Å². The number of hydrogen-bond acceptors (Lipinski definition) is 3. The first-order valence-electron chi connectivity index (χ1n) is 5.42. The average Bonchev–Trinajstić information content (AvgIpc) is 2.31. The van der Waals surface area contributed by atoms with Crippen molar-refractivity contribution in [2.75, 3.05) is 10.5 Å². The minimum absolute atomic E-state index is 0.00203. The molecule has 0 bridgehead atoms. The molecule has 0 aliphatic heterocycles. The molecule has 0 aromatic heterocycles. The van der Waals surface area contributed by atoms with Crippen LogP contribution in [0.5, 0.6) is 0 Å². The number of halogens is 4. The Balaban J connectivity index is 2.45. The molecule has 3 N–H and O–H groups in total. The molecule has 2 aromatic carbocycles. The van der Waals surface area contributed by atoms with Crippen molar-refractivity contribution in [3.63, 3.8) is 0 Å². The molecule has 9 heteroatoms. The smallest absolute Gasteiger partial charge is 0.264 e. The van der Waals surface area contributed by atoms with Crippen molar-refractivity contribution in [2.45, 2.75) is 4.90 Å². The lowest BCUT2D eigenvalue weighted by Crippen LogP contribution is -2.15. The first kappa shape index (κ1) is 15.6. The van der Waals surface area contributed by atoms with Gasteiger partial charge in [-0.1, -0.05) is 0 Å². The molecule has 0 amide bonds. The van der Waals surface area contributed by atoms with E-state index in [4.69, 9.17) is 5.73 Å². The number of rotatable bonds is 3. The van der Waals surface area contributed by atoms with E-state index in [1.165, 1.54) is 0 Å². The minimum atomic E-state index is -4.38. The van der Waals surface area contributed by atoms with Gasteiger partial charge in [0, 0.05) is 16.2 Å². The van der Waals surface area contributed by atoms with Gasteiger partial charge in [-0.25, -0.2) is 21.6 Å². The van der Waals surface area contributed by atoms with Gasteiger partial charge in [0.1, 0.15) is 22.3 Å². The fourth-order valence-electron chi connectivity index (χ4n) is 1.57. The van der Waals surface area contributed by atoms with E-state index in [9.17, 15) is 21.6 Å². The monoisotopic (exact) mass is 380 g/mol. The lowest BCUT2D eigenvalue weighted by atomic mass is 10.3. The standard InChI is InChI=1S/C12H8BrF3N2O2S/c13-9-4-10(16)12(5-11(9)17)21(19,20)18-8-2-6(14)1-7(15)3-8/h1-5,18H,17H2. The number of nitrogens with one attached hydrogen (secondary N) is 1. The second-order valence-corrected chi connectivity index (χ2v) is 6.57. The lowest BCUT2D eigenvalue weighted by molar-refractivity contribution is 0.570. The second kappa shape index (κ2) is 5.57. The Bertz CT molecular complexity index is 792. The molecule has 0 aliphatic rings. The van der Waals surface area contributed by atoms with E-state index >= 15 is 0 Å². The van der Waals surface area contributed by atoms with Gasteiger partial charge in [0.25, 0.3) is 10.0 Å². The molecular weight excluding hydrogens is 373 g/mol. The van der Waals surface area contributed by atoms with Crippen molar-refractivity contribution in [1.82, 2.24) is 0 Å². The molecule has 4 nitrogen and oxygen atoms in total. The zero-order valence-corrected chi connectivity index (χ0v) is 12.6. The van der Waals surface area contributed by atoms with Crippen molar-refractivity contribution in [2.24, 2.45) is 0 Å². The molecule has 0 atom stereocenters. The van der Waals surface area contributed by atoms with Crippen LogP contribution >= 0.6 is 15.9 Å². The number of anilines is 2. The topological polar surface area (TPSA) is 72.2 Å². The molecule has 21 heavy (non-hydrogen) atoms. The lowest BCUT2D eigenvalue weighted by Gasteiger charge is -2.10. The van der Waals surface area contributed by atoms with Crippen LogP contribution in [0.4, 0.5) is 24.5 Å². The minimum Gasteiger partial charge on any atom is -0.398 e. The maximum atomic E-state index is 13.7. The zero-order chi connectivity index (χ0) is 15.8. The van der Waals surface area contributed by atoms with Gasteiger partial charge in [0.15, 0.2) is 0 Å². The highest BCUT2D eigenvalue weighted by molar-refractivity contribution is 9.10. The second-order valence-electron chi connectivity index (χ2n) is 4.07. The van der Waals surface area contributed by atoms with Gasteiger partial charge in [-0.05, 0) is 40.2 Å². The molecule has 0 radical (unpaired) electrons. The van der Waals surface area contributed by atoms with Crippen molar-refractivity contribution in [3.8, 4) is 0 Å². The van der Waals surface area contributed by atoms with Crippen molar-refractivity contribution >= 4 is 37.3 Å². The third-order valence-corrected chi connectivity index (χ3v) is 4.54. The number of sulfonamides is 1. The molecule has 0 unspecified atom stereocenters. The number of benzene rings is 2.